The number of hydrogen-bond acceptors (Lipinski definition) is 7. The molecule has 0 bridgehead atoms. The van der Waals surface area contributed by atoms with Crippen LogP contribution in [0, 0.1) is 6.92 Å². The molecule has 0 unspecified atom stereocenters. The van der Waals surface area contributed by atoms with E-state index < -0.39 is 0 Å². The van der Waals surface area contributed by atoms with Crippen molar-refractivity contribution in [3.8, 4) is 23.2 Å². The lowest BCUT2D eigenvalue weighted by atomic mass is 10.1. The van der Waals surface area contributed by atoms with E-state index in [2.05, 4.69) is 62.5 Å². The maximum Gasteiger partial charge on any atom is 0.237 e. The van der Waals surface area contributed by atoms with Gasteiger partial charge in [0, 0.05) is 30.0 Å². The average Bonchev–Trinajstić information content (AvgIpc) is 3.49. The van der Waals surface area contributed by atoms with Crippen molar-refractivity contribution in [2.45, 2.75) is 46.2 Å². The smallest absolute Gasteiger partial charge is 0.237 e. The first kappa shape index (κ1) is 20.5. The molecule has 4 aromatic heterocycles. The second-order valence-corrected chi connectivity index (χ2v) is 8.75. The van der Waals surface area contributed by atoms with Gasteiger partial charge in [-0.3, -0.25) is 14.1 Å². The standard InChI is InChI=1S/C25H25N9/c1-5-19-23-31-30-16(4)34(23)20-14-28-25(29-22(20)33(19)15(2)3)32-13-12-27-24(32)21-18-9-7-6-8-17(18)10-11-26-21/h6-15,19H,5H2,1-4H3/t19-/m1/s1. The van der Waals surface area contributed by atoms with Crippen LogP contribution in [0.2, 0.25) is 0 Å². The summed E-state index contributed by atoms with van der Waals surface area (Å²) < 4.78 is 3.98. The summed E-state index contributed by atoms with van der Waals surface area (Å²) in [6.45, 7) is 8.49. The molecule has 1 aromatic carbocycles. The van der Waals surface area contributed by atoms with E-state index in [0.717, 1.165) is 46.0 Å². The molecule has 6 rings (SSSR count). The normalized spacial score (nSPS) is 15.1. The van der Waals surface area contributed by atoms with Crippen LogP contribution in [0.5, 0.6) is 0 Å². The third kappa shape index (κ3) is 2.93. The molecule has 5 aromatic rings. The van der Waals surface area contributed by atoms with Crippen LogP contribution in [0.15, 0.2) is 55.1 Å². The van der Waals surface area contributed by atoms with Crippen LogP contribution in [0.25, 0.3) is 33.9 Å². The van der Waals surface area contributed by atoms with Crippen molar-refractivity contribution in [1.82, 2.24) is 39.3 Å². The van der Waals surface area contributed by atoms with Crippen molar-refractivity contribution in [1.29, 1.82) is 0 Å². The third-order valence-electron chi connectivity index (χ3n) is 6.39. The Bertz CT molecular complexity index is 1510. The van der Waals surface area contributed by atoms with Gasteiger partial charge < -0.3 is 4.90 Å². The zero-order valence-corrected chi connectivity index (χ0v) is 19.6. The molecule has 1 atom stereocenters. The Hall–Kier alpha value is -4.14. The average molecular weight is 452 g/mol. The van der Waals surface area contributed by atoms with E-state index in [4.69, 9.17) is 9.97 Å². The highest BCUT2D eigenvalue weighted by atomic mass is 15.4. The molecule has 0 fully saturated rings. The molecule has 0 saturated carbocycles. The molecule has 5 heterocycles. The van der Waals surface area contributed by atoms with Gasteiger partial charge in [-0.1, -0.05) is 31.2 Å². The second-order valence-electron chi connectivity index (χ2n) is 8.75. The summed E-state index contributed by atoms with van der Waals surface area (Å²) >= 11 is 0. The number of anilines is 1. The molecule has 0 aliphatic carbocycles. The molecule has 9 heteroatoms. The predicted molar refractivity (Wildman–Crippen MR) is 130 cm³/mol. The van der Waals surface area contributed by atoms with Gasteiger partial charge in [0.25, 0.3) is 0 Å². The summed E-state index contributed by atoms with van der Waals surface area (Å²) in [5, 5.41) is 11.0. The summed E-state index contributed by atoms with van der Waals surface area (Å²) in [7, 11) is 0. The summed E-state index contributed by atoms with van der Waals surface area (Å²) in [6.07, 6.45) is 8.21. The van der Waals surface area contributed by atoms with E-state index in [-0.39, 0.29) is 12.1 Å². The molecule has 0 radical (unpaired) electrons. The molecule has 1 aliphatic rings. The van der Waals surface area contributed by atoms with Gasteiger partial charge in [0.2, 0.25) is 5.95 Å². The monoisotopic (exact) mass is 451 g/mol. The number of rotatable bonds is 4. The van der Waals surface area contributed by atoms with Crippen molar-refractivity contribution < 1.29 is 0 Å². The van der Waals surface area contributed by atoms with E-state index >= 15 is 0 Å². The van der Waals surface area contributed by atoms with Crippen LogP contribution >= 0.6 is 0 Å². The summed E-state index contributed by atoms with van der Waals surface area (Å²) in [4.78, 5) is 21.4. The fourth-order valence-electron chi connectivity index (χ4n) is 4.91. The Kier molecular flexibility index (Phi) is 4.65. The van der Waals surface area contributed by atoms with E-state index in [0.29, 0.717) is 11.8 Å². The quantitative estimate of drug-likeness (QED) is 0.399. The second kappa shape index (κ2) is 7.72. The van der Waals surface area contributed by atoms with Crippen LogP contribution in [0.4, 0.5) is 5.82 Å². The lowest BCUT2D eigenvalue weighted by Crippen LogP contribution is -2.40. The topological polar surface area (TPSA) is 90.4 Å². The minimum Gasteiger partial charge on any atom is -0.342 e. The van der Waals surface area contributed by atoms with Gasteiger partial charge in [0.15, 0.2) is 17.5 Å². The first-order valence-electron chi connectivity index (χ1n) is 11.5. The van der Waals surface area contributed by atoms with Crippen LogP contribution in [-0.4, -0.2) is 45.3 Å². The highest BCUT2D eigenvalue weighted by molar-refractivity contribution is 5.93. The molecule has 170 valence electrons. The van der Waals surface area contributed by atoms with Crippen molar-refractivity contribution >= 4 is 16.6 Å². The lowest BCUT2D eigenvalue weighted by Gasteiger charge is -2.39. The maximum absolute atomic E-state index is 5.08. The highest BCUT2D eigenvalue weighted by Gasteiger charge is 2.36. The van der Waals surface area contributed by atoms with Crippen LogP contribution < -0.4 is 4.90 Å². The number of fused-ring (bicyclic) bond motifs is 4. The molecule has 0 N–H and O–H groups in total. The first-order chi connectivity index (χ1) is 16.6. The molecule has 0 amide bonds. The molecule has 34 heavy (non-hydrogen) atoms. The van der Waals surface area contributed by atoms with Crippen molar-refractivity contribution in [3.05, 3.63) is 66.8 Å². The zero-order chi connectivity index (χ0) is 23.4. The molecule has 1 aliphatic heterocycles. The van der Waals surface area contributed by atoms with Gasteiger partial charge in [0.1, 0.15) is 17.2 Å². The van der Waals surface area contributed by atoms with Crippen molar-refractivity contribution in [2.75, 3.05) is 4.90 Å². The predicted octanol–water partition coefficient (Wildman–Crippen LogP) is 4.45. The van der Waals surface area contributed by atoms with Crippen LogP contribution in [-0.2, 0) is 0 Å². The first-order valence-corrected chi connectivity index (χ1v) is 11.5. The van der Waals surface area contributed by atoms with Crippen molar-refractivity contribution in [3.63, 3.8) is 0 Å². The molecule has 0 spiro atoms. The van der Waals surface area contributed by atoms with Gasteiger partial charge in [-0.25, -0.2) is 9.97 Å². The van der Waals surface area contributed by atoms with E-state index in [9.17, 15) is 0 Å². The zero-order valence-electron chi connectivity index (χ0n) is 19.6. The van der Waals surface area contributed by atoms with Gasteiger partial charge in [0.05, 0.1) is 12.2 Å². The summed E-state index contributed by atoms with van der Waals surface area (Å²) in [6, 6.07) is 10.5. The number of imidazole rings is 1. The van der Waals surface area contributed by atoms with E-state index in [1.807, 2.05) is 48.3 Å². The fraction of sp³-hybridized carbons (Fsp3) is 0.280. The lowest BCUT2D eigenvalue weighted by molar-refractivity contribution is 0.496. The summed E-state index contributed by atoms with van der Waals surface area (Å²) in [5.41, 5.74) is 1.69. The maximum atomic E-state index is 5.08. The number of aryl methyl sites for hydroxylation is 1. The largest absolute Gasteiger partial charge is 0.342 e. The van der Waals surface area contributed by atoms with Gasteiger partial charge in [-0.2, -0.15) is 4.98 Å². The molecule has 9 nitrogen and oxygen atoms in total. The van der Waals surface area contributed by atoms with Gasteiger partial charge >= 0.3 is 0 Å². The SMILES string of the molecule is CC[C@@H]1c2nnc(C)n2-c2cnc(-n3ccnc3-c3nccc4ccccc34)nc2N1C(C)C. The van der Waals surface area contributed by atoms with Crippen LogP contribution in [0.1, 0.15) is 44.9 Å². The van der Waals surface area contributed by atoms with E-state index in [1.165, 1.54) is 0 Å². The Balaban J connectivity index is 1.55. The fourth-order valence-corrected chi connectivity index (χ4v) is 4.91. The van der Waals surface area contributed by atoms with Crippen molar-refractivity contribution in [2.24, 2.45) is 0 Å². The number of hydrogen-bond donors (Lipinski definition) is 0. The van der Waals surface area contributed by atoms with Crippen LogP contribution in [0.3, 0.4) is 0 Å². The number of pyridine rings is 1. The molecular weight excluding hydrogens is 426 g/mol. The highest BCUT2D eigenvalue weighted by Crippen LogP contribution is 2.40. The van der Waals surface area contributed by atoms with Gasteiger partial charge in [-0.05, 0) is 38.6 Å². The Morgan fingerprint density at radius 3 is 2.68 bits per heavy atom. The number of nitrogens with zero attached hydrogens (tertiary/aromatic N) is 9. The number of aromatic nitrogens is 8. The van der Waals surface area contributed by atoms with E-state index in [1.54, 1.807) is 6.20 Å². The minimum atomic E-state index is 0.0819. The Morgan fingerprint density at radius 2 is 1.85 bits per heavy atom. The van der Waals surface area contributed by atoms with Gasteiger partial charge in [-0.15, -0.1) is 10.2 Å². The summed E-state index contributed by atoms with van der Waals surface area (Å²) in [5.74, 6) is 3.89. The molecular formula is C25H25N9. The molecule has 0 saturated heterocycles. The number of benzene rings is 1. The third-order valence-corrected chi connectivity index (χ3v) is 6.39. The minimum absolute atomic E-state index is 0.0819. The Morgan fingerprint density at radius 1 is 1.00 bits per heavy atom. The Labute approximate surface area is 197 Å².